The molecule has 0 spiro atoms. The molecule has 0 atom stereocenters. The van der Waals surface area contributed by atoms with E-state index in [1.807, 2.05) is 6.20 Å². The molecule has 1 heteroatoms. The van der Waals surface area contributed by atoms with Crippen LogP contribution in [0.4, 0.5) is 0 Å². The number of benzene rings is 7. The average molecular weight is 640 g/mol. The number of hydrogen-bond acceptors (Lipinski definition) is 1. The molecule has 0 fully saturated rings. The molecule has 2 aliphatic carbocycles. The predicted octanol–water partition coefficient (Wildman–Crippen LogP) is 13.0. The Morgan fingerprint density at radius 1 is 0.360 bits per heavy atom. The maximum Gasteiger partial charge on any atom is 0.0792 e. The molecule has 7 aromatic carbocycles. The van der Waals surface area contributed by atoms with Crippen molar-refractivity contribution in [3.05, 3.63) is 174 Å². The lowest BCUT2D eigenvalue weighted by molar-refractivity contribution is 0.659. The van der Waals surface area contributed by atoms with Crippen LogP contribution in [-0.4, -0.2) is 4.98 Å². The molecular formula is C49H37N. The second kappa shape index (κ2) is 10.4. The monoisotopic (exact) mass is 639 g/mol. The first kappa shape index (κ1) is 29.2. The number of rotatable bonds is 3. The topological polar surface area (TPSA) is 12.9 Å². The van der Waals surface area contributed by atoms with E-state index < -0.39 is 0 Å². The minimum absolute atomic E-state index is 0.0201. The van der Waals surface area contributed by atoms with Crippen molar-refractivity contribution in [3.63, 3.8) is 0 Å². The van der Waals surface area contributed by atoms with Crippen LogP contribution in [0.5, 0.6) is 0 Å². The smallest absolute Gasteiger partial charge is 0.0792 e. The van der Waals surface area contributed by atoms with E-state index >= 15 is 0 Å². The molecule has 0 bridgehead atoms. The third-order valence-electron chi connectivity index (χ3n) is 11.7. The van der Waals surface area contributed by atoms with E-state index in [0.717, 1.165) is 5.52 Å². The minimum atomic E-state index is -0.156. The molecule has 10 rings (SSSR count). The van der Waals surface area contributed by atoms with Gasteiger partial charge in [-0.15, -0.1) is 0 Å². The van der Waals surface area contributed by atoms with E-state index in [2.05, 4.69) is 173 Å². The Balaban J connectivity index is 1.11. The standard InChI is InChI=1S/C49H37N/c1-48(2)41-19-11-10-15-34(41)35-23-20-31(27-42(35)48)32-21-24-36-37-25-22-33(29-44(37)49(3,4)43(36)28-32)45-38-16-8-9-17-39(38)46(30-13-6-5-7-14-30)47-40(45)18-12-26-50-47/h5-29H,1-4H3. The number of fused-ring (bicyclic) bond motifs is 8. The van der Waals surface area contributed by atoms with Crippen LogP contribution in [-0.2, 0) is 10.8 Å². The highest BCUT2D eigenvalue weighted by atomic mass is 14.7. The predicted molar refractivity (Wildman–Crippen MR) is 211 cm³/mol. The second-order valence-corrected chi connectivity index (χ2v) is 15.1. The highest BCUT2D eigenvalue weighted by molar-refractivity contribution is 6.20. The zero-order valence-electron chi connectivity index (χ0n) is 28.9. The van der Waals surface area contributed by atoms with Crippen LogP contribution in [0.2, 0.25) is 0 Å². The van der Waals surface area contributed by atoms with Gasteiger partial charge in [-0.25, -0.2) is 0 Å². The molecule has 0 saturated heterocycles. The normalized spacial score (nSPS) is 14.7. The fourth-order valence-corrected chi connectivity index (χ4v) is 9.16. The van der Waals surface area contributed by atoms with E-state index in [1.54, 1.807) is 0 Å². The molecule has 1 aromatic heterocycles. The lowest BCUT2D eigenvalue weighted by atomic mass is 9.79. The summed E-state index contributed by atoms with van der Waals surface area (Å²) < 4.78 is 0. The van der Waals surface area contributed by atoms with E-state index in [0.29, 0.717) is 0 Å². The van der Waals surface area contributed by atoms with Crippen molar-refractivity contribution in [2.45, 2.75) is 38.5 Å². The van der Waals surface area contributed by atoms with E-state index in [1.165, 1.54) is 94.0 Å². The minimum Gasteiger partial charge on any atom is -0.256 e. The van der Waals surface area contributed by atoms with Gasteiger partial charge in [0.15, 0.2) is 0 Å². The Morgan fingerprint density at radius 2 is 0.840 bits per heavy atom. The van der Waals surface area contributed by atoms with E-state index in [4.69, 9.17) is 4.98 Å². The summed E-state index contributed by atoms with van der Waals surface area (Å²) >= 11 is 0. The van der Waals surface area contributed by atoms with Gasteiger partial charge in [0, 0.05) is 28.0 Å². The number of hydrogen-bond donors (Lipinski definition) is 0. The Labute approximate surface area is 293 Å². The van der Waals surface area contributed by atoms with Crippen molar-refractivity contribution in [2.75, 3.05) is 0 Å². The lowest BCUT2D eigenvalue weighted by Gasteiger charge is -2.24. The van der Waals surface area contributed by atoms with Crippen LogP contribution in [0.1, 0.15) is 49.9 Å². The largest absolute Gasteiger partial charge is 0.256 e. The van der Waals surface area contributed by atoms with Gasteiger partial charge < -0.3 is 0 Å². The number of aromatic nitrogens is 1. The van der Waals surface area contributed by atoms with Crippen LogP contribution in [0.15, 0.2) is 152 Å². The van der Waals surface area contributed by atoms with Gasteiger partial charge >= 0.3 is 0 Å². The van der Waals surface area contributed by atoms with Crippen molar-refractivity contribution in [1.82, 2.24) is 4.98 Å². The fraction of sp³-hybridized carbons (Fsp3) is 0.122. The zero-order chi connectivity index (χ0) is 33.8. The Morgan fingerprint density at radius 3 is 1.50 bits per heavy atom. The van der Waals surface area contributed by atoms with Gasteiger partial charge in [0.1, 0.15) is 0 Å². The van der Waals surface area contributed by atoms with Gasteiger partial charge in [0.2, 0.25) is 0 Å². The zero-order valence-corrected chi connectivity index (χ0v) is 28.9. The maximum absolute atomic E-state index is 5.01. The molecule has 0 amide bonds. The van der Waals surface area contributed by atoms with Crippen LogP contribution >= 0.6 is 0 Å². The van der Waals surface area contributed by atoms with Crippen LogP contribution in [0, 0.1) is 0 Å². The molecule has 50 heavy (non-hydrogen) atoms. The SMILES string of the molecule is CC1(C)c2ccccc2-c2ccc(-c3ccc4c(c3)C(C)(C)c3cc(-c5c6ccccc6c(-c6ccccc6)c6ncccc56)ccc3-4)cc21. The summed E-state index contributed by atoms with van der Waals surface area (Å²) in [6, 6.07) is 54.1. The van der Waals surface area contributed by atoms with Crippen LogP contribution in [0.3, 0.4) is 0 Å². The van der Waals surface area contributed by atoms with Gasteiger partial charge in [-0.3, -0.25) is 4.98 Å². The lowest BCUT2D eigenvalue weighted by Crippen LogP contribution is -2.15. The van der Waals surface area contributed by atoms with Crippen LogP contribution < -0.4 is 0 Å². The molecule has 0 saturated carbocycles. The van der Waals surface area contributed by atoms with Crippen molar-refractivity contribution in [1.29, 1.82) is 0 Å². The first-order chi connectivity index (χ1) is 24.3. The maximum atomic E-state index is 5.01. The third kappa shape index (κ3) is 3.98. The molecule has 0 radical (unpaired) electrons. The van der Waals surface area contributed by atoms with E-state index in [9.17, 15) is 0 Å². The van der Waals surface area contributed by atoms with Gasteiger partial charge in [-0.05, 0) is 107 Å². The van der Waals surface area contributed by atoms with Gasteiger partial charge in [0.05, 0.1) is 5.52 Å². The van der Waals surface area contributed by atoms with E-state index in [-0.39, 0.29) is 10.8 Å². The molecule has 8 aromatic rings. The summed E-state index contributed by atoms with van der Waals surface area (Å²) in [6.07, 6.45) is 1.92. The summed E-state index contributed by atoms with van der Waals surface area (Å²) in [6.45, 7) is 9.51. The fourth-order valence-electron chi connectivity index (χ4n) is 9.16. The molecular weight excluding hydrogens is 603 g/mol. The van der Waals surface area contributed by atoms with Crippen molar-refractivity contribution < 1.29 is 0 Å². The van der Waals surface area contributed by atoms with Gasteiger partial charge in [-0.2, -0.15) is 0 Å². The third-order valence-corrected chi connectivity index (χ3v) is 11.7. The van der Waals surface area contributed by atoms with Crippen molar-refractivity contribution in [3.8, 4) is 55.6 Å². The highest BCUT2D eigenvalue weighted by Crippen LogP contribution is 2.53. The summed E-state index contributed by atoms with van der Waals surface area (Å²) in [5.41, 5.74) is 19.3. The molecule has 0 aliphatic heterocycles. The van der Waals surface area contributed by atoms with Crippen molar-refractivity contribution in [2.24, 2.45) is 0 Å². The van der Waals surface area contributed by atoms with Crippen molar-refractivity contribution >= 4 is 21.7 Å². The molecule has 0 unspecified atom stereocenters. The first-order valence-electron chi connectivity index (χ1n) is 17.7. The Bertz CT molecular complexity index is 2640. The Kier molecular flexibility index (Phi) is 6.04. The molecule has 1 nitrogen and oxygen atoms in total. The van der Waals surface area contributed by atoms with Gasteiger partial charge in [-0.1, -0.05) is 149 Å². The number of nitrogens with zero attached hydrogens (tertiary/aromatic N) is 1. The molecule has 1 heterocycles. The summed E-state index contributed by atoms with van der Waals surface area (Å²) in [5.74, 6) is 0. The van der Waals surface area contributed by atoms with Gasteiger partial charge in [0.25, 0.3) is 0 Å². The quantitative estimate of drug-likeness (QED) is 0.175. The van der Waals surface area contributed by atoms with Crippen LogP contribution in [0.25, 0.3) is 77.3 Å². The molecule has 0 N–H and O–H groups in total. The average Bonchev–Trinajstić information content (AvgIpc) is 3.52. The number of pyridine rings is 1. The highest BCUT2D eigenvalue weighted by Gasteiger charge is 2.37. The second-order valence-electron chi connectivity index (χ2n) is 15.1. The first-order valence-corrected chi connectivity index (χ1v) is 17.7. The Hall–Kier alpha value is -5.79. The molecule has 2 aliphatic rings. The summed E-state index contributed by atoms with van der Waals surface area (Å²) in [7, 11) is 0. The summed E-state index contributed by atoms with van der Waals surface area (Å²) in [4.78, 5) is 5.01. The molecule has 238 valence electrons. The summed E-state index contributed by atoms with van der Waals surface area (Å²) in [5, 5.41) is 3.67.